The lowest BCUT2D eigenvalue weighted by Gasteiger charge is -2.22. The van der Waals surface area contributed by atoms with Crippen LogP contribution in [0.5, 0.6) is 0 Å². The second-order valence-corrected chi connectivity index (χ2v) is 25.3. The van der Waals surface area contributed by atoms with Gasteiger partial charge in [-0.15, -0.1) is 0 Å². The highest BCUT2D eigenvalue weighted by atomic mass is 16.5. The Morgan fingerprint density at radius 3 is 0.899 bits per heavy atom. The summed E-state index contributed by atoms with van der Waals surface area (Å²) in [6.07, 6.45) is 85.5. The fourth-order valence-electron chi connectivity index (χ4n) is 11.8. The molecule has 3 N–H and O–H groups in total. The minimum absolute atomic E-state index is 0.0204. The first-order chi connectivity index (χ1) is 39.0. The smallest absolute Gasteiger partial charge is 0.305 e. The van der Waals surface area contributed by atoms with Gasteiger partial charge in [0.25, 0.3) is 0 Å². The van der Waals surface area contributed by atoms with Crippen molar-refractivity contribution in [1.82, 2.24) is 5.32 Å². The standard InChI is InChI=1S/C73H143NO5/c1-3-5-7-9-11-13-15-17-19-21-34-37-41-45-49-53-57-61-65-71(76)70(69-75)74-72(77)66-62-58-54-50-46-42-38-35-32-30-28-26-24-22-23-25-27-29-31-33-36-40-44-48-52-56-60-64-68-79-73(78)67-63-59-55-51-47-43-39-20-18-16-14-12-10-8-6-4-2/h22-23,70-71,75-76H,3-21,24-69H2,1-2H3,(H,74,77)/b23-22-. The van der Waals surface area contributed by atoms with E-state index < -0.39 is 12.1 Å². The lowest BCUT2D eigenvalue weighted by atomic mass is 10.0. The highest BCUT2D eigenvalue weighted by Crippen LogP contribution is 2.19. The number of hydrogen-bond donors (Lipinski definition) is 3. The summed E-state index contributed by atoms with van der Waals surface area (Å²) in [6.45, 7) is 5.00. The van der Waals surface area contributed by atoms with Crippen LogP contribution >= 0.6 is 0 Å². The molecule has 2 atom stereocenters. The van der Waals surface area contributed by atoms with Crippen molar-refractivity contribution in [2.45, 2.75) is 431 Å². The Morgan fingerprint density at radius 2 is 0.595 bits per heavy atom. The number of aliphatic hydroxyl groups is 2. The Bertz CT molecular complexity index is 1190. The number of amides is 1. The van der Waals surface area contributed by atoms with Gasteiger partial charge in [-0.3, -0.25) is 9.59 Å². The van der Waals surface area contributed by atoms with Gasteiger partial charge in [0.05, 0.1) is 25.4 Å². The number of allylic oxidation sites excluding steroid dienone is 2. The average molecular weight is 1110 g/mol. The second-order valence-electron chi connectivity index (χ2n) is 25.3. The molecule has 6 nitrogen and oxygen atoms in total. The molecule has 0 aliphatic heterocycles. The van der Waals surface area contributed by atoms with E-state index in [0.29, 0.717) is 25.9 Å². The zero-order chi connectivity index (χ0) is 57.1. The largest absolute Gasteiger partial charge is 0.466 e. The molecule has 79 heavy (non-hydrogen) atoms. The monoisotopic (exact) mass is 1110 g/mol. The molecule has 6 heteroatoms. The molecule has 0 aromatic heterocycles. The van der Waals surface area contributed by atoms with Crippen molar-refractivity contribution in [2.75, 3.05) is 13.2 Å². The van der Waals surface area contributed by atoms with Crippen LogP contribution in [0.25, 0.3) is 0 Å². The van der Waals surface area contributed by atoms with Gasteiger partial charge in [0.1, 0.15) is 0 Å². The van der Waals surface area contributed by atoms with Crippen LogP contribution in [-0.4, -0.2) is 47.4 Å². The maximum absolute atomic E-state index is 12.5. The topological polar surface area (TPSA) is 95.9 Å². The van der Waals surface area contributed by atoms with Crippen LogP contribution in [0.1, 0.15) is 418 Å². The van der Waals surface area contributed by atoms with Gasteiger partial charge in [-0.1, -0.05) is 366 Å². The van der Waals surface area contributed by atoms with E-state index in [9.17, 15) is 19.8 Å². The third-order valence-electron chi connectivity index (χ3n) is 17.3. The lowest BCUT2D eigenvalue weighted by Crippen LogP contribution is -2.45. The van der Waals surface area contributed by atoms with E-state index in [4.69, 9.17) is 4.74 Å². The van der Waals surface area contributed by atoms with E-state index in [0.717, 1.165) is 38.5 Å². The summed E-state index contributed by atoms with van der Waals surface area (Å²) in [7, 11) is 0. The second kappa shape index (κ2) is 69.1. The quantitative estimate of drug-likeness (QED) is 0.0320. The van der Waals surface area contributed by atoms with Gasteiger partial charge in [-0.25, -0.2) is 0 Å². The number of unbranched alkanes of at least 4 members (excludes halogenated alkanes) is 56. The molecule has 0 aromatic carbocycles. The van der Waals surface area contributed by atoms with E-state index in [-0.39, 0.29) is 18.5 Å². The number of carbonyl (C=O) groups excluding carboxylic acids is 2. The molecule has 0 saturated carbocycles. The first-order valence-corrected chi connectivity index (χ1v) is 36.4. The summed E-state index contributed by atoms with van der Waals surface area (Å²) in [4.78, 5) is 24.6. The molecule has 1 amide bonds. The zero-order valence-electron chi connectivity index (χ0n) is 53.9. The predicted molar refractivity (Wildman–Crippen MR) is 347 cm³/mol. The Morgan fingerprint density at radius 1 is 0.342 bits per heavy atom. The van der Waals surface area contributed by atoms with Crippen LogP contribution < -0.4 is 5.32 Å². The number of rotatable bonds is 69. The molecule has 0 heterocycles. The third-order valence-corrected chi connectivity index (χ3v) is 17.3. The lowest BCUT2D eigenvalue weighted by molar-refractivity contribution is -0.143. The number of hydrogen-bond acceptors (Lipinski definition) is 5. The number of carbonyl (C=O) groups is 2. The van der Waals surface area contributed by atoms with Gasteiger partial charge in [-0.05, 0) is 51.4 Å². The summed E-state index contributed by atoms with van der Waals surface area (Å²) in [5.41, 5.74) is 0. The molecule has 0 saturated heterocycles. The van der Waals surface area contributed by atoms with Gasteiger partial charge < -0.3 is 20.3 Å². The molecule has 0 aliphatic carbocycles. The number of nitrogens with one attached hydrogen (secondary N) is 1. The van der Waals surface area contributed by atoms with Crippen molar-refractivity contribution in [3.05, 3.63) is 12.2 Å². The average Bonchev–Trinajstić information content (AvgIpc) is 3.45. The van der Waals surface area contributed by atoms with E-state index in [1.807, 2.05) is 0 Å². The molecule has 0 aliphatic rings. The molecule has 0 rings (SSSR count). The summed E-state index contributed by atoms with van der Waals surface area (Å²) in [5, 5.41) is 23.4. The first-order valence-electron chi connectivity index (χ1n) is 36.4. The van der Waals surface area contributed by atoms with Crippen LogP contribution in [0, 0.1) is 0 Å². The molecule has 470 valence electrons. The molecule has 0 spiro atoms. The van der Waals surface area contributed by atoms with E-state index in [1.165, 1.54) is 347 Å². The molecule has 0 fully saturated rings. The van der Waals surface area contributed by atoms with Gasteiger partial charge >= 0.3 is 5.97 Å². The van der Waals surface area contributed by atoms with Crippen molar-refractivity contribution in [3.8, 4) is 0 Å². The highest BCUT2D eigenvalue weighted by molar-refractivity contribution is 5.76. The Hall–Kier alpha value is -1.40. The van der Waals surface area contributed by atoms with Crippen LogP contribution in [0.3, 0.4) is 0 Å². The highest BCUT2D eigenvalue weighted by Gasteiger charge is 2.20. The fourth-order valence-corrected chi connectivity index (χ4v) is 11.8. The van der Waals surface area contributed by atoms with Crippen molar-refractivity contribution in [2.24, 2.45) is 0 Å². The third kappa shape index (κ3) is 65.6. The van der Waals surface area contributed by atoms with Gasteiger partial charge in [0.15, 0.2) is 0 Å². The van der Waals surface area contributed by atoms with Crippen molar-refractivity contribution in [3.63, 3.8) is 0 Å². The van der Waals surface area contributed by atoms with Crippen LogP contribution in [0.15, 0.2) is 12.2 Å². The molecular formula is C73H143NO5. The van der Waals surface area contributed by atoms with E-state index >= 15 is 0 Å². The normalized spacial score (nSPS) is 12.5. The fraction of sp³-hybridized carbons (Fsp3) is 0.945. The summed E-state index contributed by atoms with van der Waals surface area (Å²) in [5.74, 6) is -0.0101. The van der Waals surface area contributed by atoms with Crippen molar-refractivity contribution in [1.29, 1.82) is 0 Å². The van der Waals surface area contributed by atoms with Crippen LogP contribution in [0.4, 0.5) is 0 Å². The Balaban J connectivity index is 3.36. The zero-order valence-corrected chi connectivity index (χ0v) is 53.9. The molecule has 2 unspecified atom stereocenters. The van der Waals surface area contributed by atoms with E-state index in [1.54, 1.807) is 0 Å². The minimum atomic E-state index is -0.664. The van der Waals surface area contributed by atoms with Gasteiger partial charge in [0, 0.05) is 12.8 Å². The predicted octanol–water partition coefficient (Wildman–Crippen LogP) is 23.5. The van der Waals surface area contributed by atoms with Gasteiger partial charge in [-0.2, -0.15) is 0 Å². The Labute approximate surface area is 495 Å². The van der Waals surface area contributed by atoms with Crippen molar-refractivity contribution >= 4 is 11.9 Å². The number of esters is 1. The van der Waals surface area contributed by atoms with Crippen molar-refractivity contribution < 1.29 is 24.5 Å². The molecule has 0 bridgehead atoms. The summed E-state index contributed by atoms with van der Waals surface area (Å²) >= 11 is 0. The summed E-state index contributed by atoms with van der Waals surface area (Å²) < 4.78 is 5.50. The SMILES string of the molecule is CCCCCCCCCCCCCCCCCCCCC(O)C(CO)NC(=O)CCCCCCCCCCCCCC/C=C\CCCCCCCCCCCCCCOC(=O)CCCCCCCCCCCCCCCCCC. The maximum Gasteiger partial charge on any atom is 0.305 e. The number of ether oxygens (including phenoxy) is 1. The van der Waals surface area contributed by atoms with Crippen LogP contribution in [0.2, 0.25) is 0 Å². The van der Waals surface area contributed by atoms with Crippen LogP contribution in [-0.2, 0) is 14.3 Å². The van der Waals surface area contributed by atoms with E-state index in [2.05, 4.69) is 31.3 Å². The maximum atomic E-state index is 12.5. The Kier molecular flexibility index (Phi) is 67.9. The number of aliphatic hydroxyl groups excluding tert-OH is 2. The molecule has 0 aromatic rings. The van der Waals surface area contributed by atoms with Gasteiger partial charge in [0.2, 0.25) is 5.91 Å². The first kappa shape index (κ1) is 77.6. The molecular weight excluding hydrogens is 971 g/mol. The molecule has 0 radical (unpaired) electrons. The minimum Gasteiger partial charge on any atom is -0.466 e. The summed E-state index contributed by atoms with van der Waals surface area (Å²) in [6, 6.07) is -0.541.